The Labute approximate surface area is 127 Å². The molecular formula is C17H27N3O. The summed E-state index contributed by atoms with van der Waals surface area (Å²) in [6, 6.07) is 8.40. The number of carbonyl (C=O) groups is 1. The molecule has 0 aromatic heterocycles. The van der Waals surface area contributed by atoms with E-state index in [1.165, 1.54) is 11.1 Å². The van der Waals surface area contributed by atoms with Crippen LogP contribution in [0.2, 0.25) is 0 Å². The zero-order chi connectivity index (χ0) is 15.4. The smallest absolute Gasteiger partial charge is 0.237 e. The average Bonchev–Trinajstić information content (AvgIpc) is 2.45. The van der Waals surface area contributed by atoms with Crippen molar-refractivity contribution in [1.29, 1.82) is 0 Å². The standard InChI is InChI=1S/C17H27N3O/c1-12(2)16(11-20(3)4)19-17(21)15-9-13-7-5-6-8-14(13)10-18-15/h5-8,12,15-16,18H,9-11H2,1-4H3,(H,19,21)/t15-,16?/m0/s1. The second-order valence-electron chi connectivity index (χ2n) is 6.53. The predicted molar refractivity (Wildman–Crippen MR) is 86.1 cm³/mol. The van der Waals surface area contributed by atoms with E-state index in [9.17, 15) is 4.79 Å². The third-order valence-corrected chi connectivity index (χ3v) is 4.09. The zero-order valence-corrected chi connectivity index (χ0v) is 13.5. The van der Waals surface area contributed by atoms with E-state index in [1.54, 1.807) is 0 Å². The number of amides is 1. The van der Waals surface area contributed by atoms with Gasteiger partial charge < -0.3 is 15.5 Å². The Hall–Kier alpha value is -1.39. The van der Waals surface area contributed by atoms with Crippen LogP contribution in [0.5, 0.6) is 0 Å². The van der Waals surface area contributed by atoms with Crippen LogP contribution in [0.3, 0.4) is 0 Å². The number of hydrogen-bond acceptors (Lipinski definition) is 3. The fraction of sp³-hybridized carbons (Fsp3) is 0.588. The number of benzene rings is 1. The number of hydrogen-bond donors (Lipinski definition) is 2. The van der Waals surface area contributed by atoms with Crippen LogP contribution in [-0.2, 0) is 17.8 Å². The van der Waals surface area contributed by atoms with Gasteiger partial charge in [0.1, 0.15) is 0 Å². The van der Waals surface area contributed by atoms with E-state index in [-0.39, 0.29) is 18.0 Å². The van der Waals surface area contributed by atoms with Crippen molar-refractivity contribution in [3.63, 3.8) is 0 Å². The minimum atomic E-state index is -0.122. The largest absolute Gasteiger partial charge is 0.350 e. The maximum absolute atomic E-state index is 12.5. The highest BCUT2D eigenvalue weighted by Gasteiger charge is 2.26. The van der Waals surface area contributed by atoms with E-state index in [2.05, 4.69) is 41.5 Å². The van der Waals surface area contributed by atoms with Crippen molar-refractivity contribution in [2.45, 2.75) is 38.9 Å². The zero-order valence-electron chi connectivity index (χ0n) is 13.5. The number of rotatable bonds is 5. The van der Waals surface area contributed by atoms with Crippen LogP contribution in [0, 0.1) is 5.92 Å². The molecule has 1 aliphatic rings. The first-order chi connectivity index (χ1) is 9.97. The van der Waals surface area contributed by atoms with Crippen molar-refractivity contribution >= 4 is 5.91 Å². The Bertz CT molecular complexity index is 485. The lowest BCUT2D eigenvalue weighted by molar-refractivity contribution is -0.124. The summed E-state index contributed by atoms with van der Waals surface area (Å²) in [6.07, 6.45) is 0.773. The summed E-state index contributed by atoms with van der Waals surface area (Å²) >= 11 is 0. The van der Waals surface area contributed by atoms with Crippen molar-refractivity contribution < 1.29 is 4.79 Å². The lowest BCUT2D eigenvalue weighted by Crippen LogP contribution is -2.53. The van der Waals surface area contributed by atoms with Crippen LogP contribution >= 0.6 is 0 Å². The molecule has 4 nitrogen and oxygen atoms in total. The predicted octanol–water partition coefficient (Wildman–Crippen LogP) is 1.40. The van der Waals surface area contributed by atoms with Gasteiger partial charge >= 0.3 is 0 Å². The molecule has 2 rings (SSSR count). The normalized spacial score (nSPS) is 19.4. The van der Waals surface area contributed by atoms with Crippen molar-refractivity contribution in [2.24, 2.45) is 5.92 Å². The van der Waals surface area contributed by atoms with Crippen LogP contribution in [-0.4, -0.2) is 43.5 Å². The highest BCUT2D eigenvalue weighted by molar-refractivity contribution is 5.82. The molecule has 0 aliphatic carbocycles. The summed E-state index contributed by atoms with van der Waals surface area (Å²) in [5.74, 6) is 0.539. The monoisotopic (exact) mass is 289 g/mol. The van der Waals surface area contributed by atoms with Crippen molar-refractivity contribution in [3.8, 4) is 0 Å². The molecule has 1 aromatic rings. The molecule has 0 radical (unpaired) electrons. The van der Waals surface area contributed by atoms with E-state index < -0.39 is 0 Å². The van der Waals surface area contributed by atoms with Gasteiger partial charge in [-0.3, -0.25) is 4.79 Å². The molecule has 4 heteroatoms. The van der Waals surface area contributed by atoms with Gasteiger partial charge in [0, 0.05) is 19.1 Å². The molecule has 0 fully saturated rings. The van der Waals surface area contributed by atoms with E-state index >= 15 is 0 Å². The minimum absolute atomic E-state index is 0.116. The molecule has 1 amide bonds. The van der Waals surface area contributed by atoms with Gasteiger partial charge in [0.2, 0.25) is 5.91 Å². The van der Waals surface area contributed by atoms with Crippen LogP contribution in [0.4, 0.5) is 0 Å². The Morgan fingerprint density at radius 3 is 2.62 bits per heavy atom. The molecule has 0 spiro atoms. The quantitative estimate of drug-likeness (QED) is 0.861. The third-order valence-electron chi connectivity index (χ3n) is 4.09. The summed E-state index contributed by atoms with van der Waals surface area (Å²) in [5, 5.41) is 6.55. The third kappa shape index (κ3) is 4.29. The van der Waals surface area contributed by atoms with Crippen molar-refractivity contribution in [2.75, 3.05) is 20.6 Å². The molecule has 1 aromatic carbocycles. The van der Waals surface area contributed by atoms with Crippen LogP contribution in [0.1, 0.15) is 25.0 Å². The Kier molecular flexibility index (Phi) is 5.37. The highest BCUT2D eigenvalue weighted by Crippen LogP contribution is 2.16. The summed E-state index contributed by atoms with van der Waals surface area (Å²) < 4.78 is 0. The first-order valence-electron chi connectivity index (χ1n) is 7.72. The molecule has 1 heterocycles. The fourth-order valence-electron chi connectivity index (χ4n) is 2.74. The van der Waals surface area contributed by atoms with Gasteiger partial charge in [-0.25, -0.2) is 0 Å². The first-order valence-corrected chi connectivity index (χ1v) is 7.72. The fourth-order valence-corrected chi connectivity index (χ4v) is 2.74. The average molecular weight is 289 g/mol. The minimum Gasteiger partial charge on any atom is -0.350 e. The SMILES string of the molecule is CC(C)C(CN(C)C)NC(=O)[C@@H]1Cc2ccccc2CN1. The van der Waals surface area contributed by atoms with E-state index in [0.717, 1.165) is 19.5 Å². The second kappa shape index (κ2) is 7.05. The lowest BCUT2D eigenvalue weighted by Gasteiger charge is -2.30. The summed E-state index contributed by atoms with van der Waals surface area (Å²) in [6.45, 7) is 5.94. The Morgan fingerprint density at radius 1 is 1.33 bits per heavy atom. The Balaban J connectivity index is 1.98. The molecule has 116 valence electrons. The first kappa shape index (κ1) is 16.0. The van der Waals surface area contributed by atoms with Gasteiger partial charge in [0.25, 0.3) is 0 Å². The van der Waals surface area contributed by atoms with E-state index in [4.69, 9.17) is 0 Å². The summed E-state index contributed by atoms with van der Waals surface area (Å²) in [4.78, 5) is 14.6. The Morgan fingerprint density at radius 2 is 2.00 bits per heavy atom. The maximum atomic E-state index is 12.5. The molecule has 0 saturated carbocycles. The number of fused-ring (bicyclic) bond motifs is 1. The molecule has 0 saturated heterocycles. The van der Waals surface area contributed by atoms with Crippen LogP contribution in [0.25, 0.3) is 0 Å². The van der Waals surface area contributed by atoms with Gasteiger partial charge in [-0.1, -0.05) is 38.1 Å². The molecule has 2 N–H and O–H groups in total. The molecule has 21 heavy (non-hydrogen) atoms. The number of nitrogens with one attached hydrogen (secondary N) is 2. The van der Waals surface area contributed by atoms with Crippen molar-refractivity contribution in [3.05, 3.63) is 35.4 Å². The lowest BCUT2D eigenvalue weighted by atomic mass is 9.95. The number of likely N-dealkylation sites (N-methyl/N-ethyl adjacent to an activating group) is 1. The molecule has 0 bridgehead atoms. The van der Waals surface area contributed by atoms with Gasteiger partial charge in [-0.05, 0) is 37.6 Å². The highest BCUT2D eigenvalue weighted by atomic mass is 16.2. The van der Waals surface area contributed by atoms with E-state index in [1.807, 2.05) is 26.2 Å². The molecule has 2 atom stereocenters. The van der Waals surface area contributed by atoms with Gasteiger partial charge in [-0.2, -0.15) is 0 Å². The summed E-state index contributed by atoms with van der Waals surface area (Å²) in [5.41, 5.74) is 2.58. The molecular weight excluding hydrogens is 262 g/mol. The van der Waals surface area contributed by atoms with Gasteiger partial charge in [0.05, 0.1) is 6.04 Å². The number of carbonyl (C=O) groups excluding carboxylic acids is 1. The summed E-state index contributed by atoms with van der Waals surface area (Å²) in [7, 11) is 4.08. The van der Waals surface area contributed by atoms with Crippen LogP contribution < -0.4 is 10.6 Å². The van der Waals surface area contributed by atoms with Crippen LogP contribution in [0.15, 0.2) is 24.3 Å². The van der Waals surface area contributed by atoms with Crippen molar-refractivity contribution in [1.82, 2.24) is 15.5 Å². The molecule has 1 aliphatic heterocycles. The van der Waals surface area contributed by atoms with E-state index in [0.29, 0.717) is 5.92 Å². The maximum Gasteiger partial charge on any atom is 0.237 e. The second-order valence-corrected chi connectivity index (χ2v) is 6.53. The number of nitrogens with zero attached hydrogens (tertiary/aromatic N) is 1. The molecule has 1 unspecified atom stereocenters. The van der Waals surface area contributed by atoms with Gasteiger partial charge in [-0.15, -0.1) is 0 Å². The van der Waals surface area contributed by atoms with Gasteiger partial charge in [0.15, 0.2) is 0 Å². The topological polar surface area (TPSA) is 44.4 Å².